The van der Waals surface area contributed by atoms with Crippen LogP contribution in [0, 0.1) is 6.92 Å². The molecule has 0 unspecified atom stereocenters. The summed E-state index contributed by atoms with van der Waals surface area (Å²) in [5.41, 5.74) is 7.87. The molecule has 7 N–H and O–H groups in total. The first-order valence-corrected chi connectivity index (χ1v) is 11.4. The average molecular weight is 513 g/mol. The zero-order valence-electron chi connectivity index (χ0n) is 20.0. The fourth-order valence-electron chi connectivity index (χ4n) is 3.56. The van der Waals surface area contributed by atoms with Crippen molar-refractivity contribution in [3.05, 3.63) is 65.2 Å². The molecule has 0 aromatic heterocycles. The van der Waals surface area contributed by atoms with Crippen molar-refractivity contribution >= 4 is 29.6 Å². The molecule has 0 aliphatic carbocycles. The molecule has 1 aliphatic heterocycles. The molecule has 0 saturated carbocycles. The minimum Gasteiger partial charge on any atom is -0.508 e. The zero-order chi connectivity index (χ0) is 27.1. The number of carboxylic acid groups (broad SMARTS) is 1. The van der Waals surface area contributed by atoms with Crippen LogP contribution in [0.2, 0.25) is 0 Å². The van der Waals surface area contributed by atoms with Gasteiger partial charge in [0.1, 0.15) is 24.4 Å². The van der Waals surface area contributed by atoms with Crippen molar-refractivity contribution in [2.24, 2.45) is 5.73 Å². The van der Waals surface area contributed by atoms with Crippen molar-refractivity contribution in [3.63, 3.8) is 0 Å². The Labute approximate surface area is 212 Å². The fourth-order valence-corrected chi connectivity index (χ4v) is 3.56. The van der Waals surface area contributed by atoms with E-state index in [2.05, 4.69) is 16.0 Å². The molecule has 2 aromatic rings. The van der Waals surface area contributed by atoms with Crippen molar-refractivity contribution in [2.45, 2.75) is 44.1 Å². The number of aryl methyl sites for hydroxylation is 1. The van der Waals surface area contributed by atoms with Crippen molar-refractivity contribution in [3.8, 4) is 5.75 Å². The van der Waals surface area contributed by atoms with Gasteiger partial charge in [-0.15, -0.1) is 0 Å². The second-order valence-corrected chi connectivity index (χ2v) is 8.67. The van der Waals surface area contributed by atoms with Crippen molar-refractivity contribution in [1.82, 2.24) is 16.0 Å². The molecule has 1 aliphatic rings. The number of aliphatic carboxylic acids is 1. The molecule has 12 nitrogen and oxygen atoms in total. The van der Waals surface area contributed by atoms with Crippen molar-refractivity contribution < 1.29 is 38.9 Å². The number of epoxide rings is 1. The van der Waals surface area contributed by atoms with Crippen molar-refractivity contribution in [2.75, 3.05) is 6.54 Å². The van der Waals surface area contributed by atoms with E-state index in [0.29, 0.717) is 5.56 Å². The Morgan fingerprint density at radius 2 is 1.41 bits per heavy atom. The molecular weight excluding hydrogens is 484 g/mol. The Hall–Kier alpha value is -4.45. The molecule has 0 bridgehead atoms. The molecule has 0 spiro atoms. The van der Waals surface area contributed by atoms with Gasteiger partial charge >= 0.3 is 5.97 Å². The molecule has 37 heavy (non-hydrogen) atoms. The Morgan fingerprint density at radius 1 is 0.865 bits per heavy atom. The quantitative estimate of drug-likeness (QED) is 0.193. The number of nitrogens with two attached hydrogens (primary N) is 1. The van der Waals surface area contributed by atoms with Gasteiger partial charge in [0.05, 0.1) is 0 Å². The lowest BCUT2D eigenvalue weighted by Gasteiger charge is -2.22. The number of aromatic hydroxyl groups is 1. The number of primary amides is 1. The molecule has 4 amide bonds. The van der Waals surface area contributed by atoms with Crippen LogP contribution in [0.5, 0.6) is 5.75 Å². The number of carbonyl (C=O) groups excluding carboxylic acids is 4. The summed E-state index contributed by atoms with van der Waals surface area (Å²) in [4.78, 5) is 60.6. The Bertz CT molecular complexity index is 1170. The molecule has 0 radical (unpaired) electrons. The number of hydrogen-bond acceptors (Lipinski definition) is 7. The first kappa shape index (κ1) is 27.1. The number of nitrogens with one attached hydrogen (secondary N) is 3. The monoisotopic (exact) mass is 512 g/mol. The highest BCUT2D eigenvalue weighted by atomic mass is 16.6. The molecule has 1 saturated heterocycles. The van der Waals surface area contributed by atoms with Crippen LogP contribution in [0.1, 0.15) is 16.7 Å². The van der Waals surface area contributed by atoms with E-state index in [9.17, 15) is 29.1 Å². The number of phenolic OH excluding ortho intramolecular Hbond substituents is 1. The molecule has 1 heterocycles. The van der Waals surface area contributed by atoms with Gasteiger partial charge in [0.2, 0.25) is 11.8 Å². The minimum absolute atomic E-state index is 0.0431. The molecule has 12 heteroatoms. The largest absolute Gasteiger partial charge is 0.508 e. The maximum absolute atomic E-state index is 13.2. The minimum atomic E-state index is -1.25. The molecular formula is C25H28N4O8. The molecule has 1 fully saturated rings. The maximum atomic E-state index is 13.2. The number of carboxylic acids is 1. The van der Waals surface area contributed by atoms with E-state index < -0.39 is 60.4 Å². The van der Waals surface area contributed by atoms with Crippen LogP contribution >= 0.6 is 0 Å². The second-order valence-electron chi connectivity index (χ2n) is 8.67. The van der Waals surface area contributed by atoms with Gasteiger partial charge in [-0.25, -0.2) is 0 Å². The summed E-state index contributed by atoms with van der Waals surface area (Å²) in [6.45, 7) is 1.28. The third-order valence-electron chi connectivity index (χ3n) is 5.65. The van der Waals surface area contributed by atoms with Crippen LogP contribution < -0.4 is 21.7 Å². The summed E-state index contributed by atoms with van der Waals surface area (Å²) in [6.07, 6.45) is -2.23. The number of amides is 4. The third-order valence-corrected chi connectivity index (χ3v) is 5.65. The zero-order valence-corrected chi connectivity index (χ0v) is 20.0. The van der Waals surface area contributed by atoms with Crippen LogP contribution in [0.3, 0.4) is 0 Å². The molecule has 4 atom stereocenters. The average Bonchev–Trinajstić information content (AvgIpc) is 3.65. The smallest absolute Gasteiger partial charge is 0.322 e. The van der Waals surface area contributed by atoms with Gasteiger partial charge < -0.3 is 36.6 Å². The van der Waals surface area contributed by atoms with E-state index in [-0.39, 0.29) is 18.6 Å². The Kier molecular flexibility index (Phi) is 8.80. The van der Waals surface area contributed by atoms with Gasteiger partial charge in [-0.2, -0.15) is 0 Å². The topological polar surface area (TPSA) is 200 Å². The van der Waals surface area contributed by atoms with Crippen LogP contribution in [0.25, 0.3) is 0 Å². The lowest BCUT2D eigenvalue weighted by atomic mass is 10.0. The van der Waals surface area contributed by atoms with E-state index in [0.717, 1.165) is 11.1 Å². The van der Waals surface area contributed by atoms with E-state index in [1.54, 1.807) is 24.3 Å². The standard InChI is InChI=1S/C25H28N4O8/c1-13-2-4-14(5-3-13)11-18(29-25(36)21-20(37-21)24(35)27-12-19(31)32)23(34)28-17(22(26)33)10-15-6-8-16(30)9-7-15/h2-9,17-18,20-21,30H,10-12H2,1H3,(H2,26,33)(H,27,35)(H,28,34)(H,29,36)(H,31,32)/t17-,18-,20-,21-/m0/s1. The summed E-state index contributed by atoms with van der Waals surface area (Å²) >= 11 is 0. The van der Waals surface area contributed by atoms with Crippen LogP contribution in [0.15, 0.2) is 48.5 Å². The maximum Gasteiger partial charge on any atom is 0.322 e. The normalized spacial score (nSPS) is 17.6. The summed E-state index contributed by atoms with van der Waals surface area (Å²) in [5, 5.41) is 25.4. The number of benzene rings is 2. The molecule has 196 valence electrons. The van der Waals surface area contributed by atoms with Crippen LogP contribution in [-0.2, 0) is 41.6 Å². The van der Waals surface area contributed by atoms with Gasteiger partial charge in [0, 0.05) is 12.8 Å². The van der Waals surface area contributed by atoms with E-state index in [1.165, 1.54) is 12.1 Å². The highest BCUT2D eigenvalue weighted by molar-refractivity contribution is 5.98. The first-order valence-electron chi connectivity index (χ1n) is 11.4. The lowest BCUT2D eigenvalue weighted by Crippen LogP contribution is -2.55. The van der Waals surface area contributed by atoms with E-state index >= 15 is 0 Å². The number of phenols is 1. The summed E-state index contributed by atoms with van der Waals surface area (Å²) < 4.78 is 5.08. The number of carbonyl (C=O) groups is 5. The first-order chi connectivity index (χ1) is 17.5. The van der Waals surface area contributed by atoms with E-state index in [4.69, 9.17) is 15.6 Å². The highest BCUT2D eigenvalue weighted by Gasteiger charge is 2.51. The van der Waals surface area contributed by atoms with Gasteiger partial charge in [0.25, 0.3) is 11.8 Å². The lowest BCUT2D eigenvalue weighted by molar-refractivity contribution is -0.138. The third kappa shape index (κ3) is 8.04. The number of ether oxygens (including phenoxy) is 1. The highest BCUT2D eigenvalue weighted by Crippen LogP contribution is 2.23. The molecule has 3 rings (SSSR count). The Balaban J connectivity index is 1.70. The second kappa shape index (κ2) is 12.0. The predicted octanol–water partition coefficient (Wildman–Crippen LogP) is -1.09. The summed E-state index contributed by atoms with van der Waals surface area (Å²) in [6, 6.07) is 11.1. The van der Waals surface area contributed by atoms with Crippen LogP contribution in [-0.4, -0.2) is 70.6 Å². The van der Waals surface area contributed by atoms with Gasteiger partial charge in [-0.1, -0.05) is 42.0 Å². The SMILES string of the molecule is Cc1ccc(C[C@H](NC(=O)[C@H]2O[C@@H]2C(=O)NCC(=O)O)C(=O)N[C@@H](Cc2ccc(O)cc2)C(N)=O)cc1. The number of rotatable bonds is 12. The predicted molar refractivity (Wildman–Crippen MR) is 129 cm³/mol. The fraction of sp³-hybridized carbons (Fsp3) is 0.320. The Morgan fingerprint density at radius 3 is 1.97 bits per heavy atom. The van der Waals surface area contributed by atoms with Gasteiger partial charge in [-0.05, 0) is 30.2 Å². The van der Waals surface area contributed by atoms with E-state index in [1.807, 2.05) is 19.1 Å². The van der Waals surface area contributed by atoms with Gasteiger partial charge in [-0.3, -0.25) is 24.0 Å². The summed E-state index contributed by atoms with van der Waals surface area (Å²) in [5.74, 6) is -4.17. The van der Waals surface area contributed by atoms with Crippen molar-refractivity contribution in [1.29, 1.82) is 0 Å². The number of hydrogen-bond donors (Lipinski definition) is 6. The molecule has 2 aromatic carbocycles. The van der Waals surface area contributed by atoms with Crippen LogP contribution in [0.4, 0.5) is 0 Å². The summed E-state index contributed by atoms with van der Waals surface area (Å²) in [7, 11) is 0. The van der Waals surface area contributed by atoms with Gasteiger partial charge in [0.15, 0.2) is 12.2 Å².